The molecular formula is C14H12ClNO4S. The smallest absolute Gasteiger partial charge is 0.216 e. The number of rotatable bonds is 4. The van der Waals surface area contributed by atoms with Gasteiger partial charge in [-0.2, -0.15) is 0 Å². The van der Waals surface area contributed by atoms with Crippen LogP contribution in [0.4, 0.5) is 0 Å². The molecular weight excluding hydrogens is 314 g/mol. The third kappa shape index (κ3) is 2.87. The number of hydrogen-bond acceptors (Lipinski definition) is 5. The van der Waals surface area contributed by atoms with E-state index in [9.17, 15) is 13.2 Å². The lowest BCUT2D eigenvalue weighted by Gasteiger charge is -2.05. The standard InChI is InChI=1S/C14H12ClNO4S/c1-21(18,19)13-6-9(15)4-5-10(13)14(17)11-7-12(20-16-11)8-2-3-8/h4-8H,2-3H2,1H3. The number of nitrogens with zero attached hydrogens (tertiary/aromatic N) is 1. The molecule has 3 rings (SSSR count). The molecule has 7 heteroatoms. The third-order valence-electron chi connectivity index (χ3n) is 3.33. The first-order valence-corrected chi connectivity index (χ1v) is 8.64. The van der Waals surface area contributed by atoms with Gasteiger partial charge in [0, 0.05) is 28.8 Å². The highest BCUT2D eigenvalue weighted by atomic mass is 35.5. The molecule has 1 saturated carbocycles. The van der Waals surface area contributed by atoms with Gasteiger partial charge in [0.05, 0.1) is 4.90 Å². The number of ketones is 1. The van der Waals surface area contributed by atoms with Crippen molar-refractivity contribution in [2.24, 2.45) is 0 Å². The molecule has 0 saturated heterocycles. The van der Waals surface area contributed by atoms with Crippen molar-refractivity contribution in [3.05, 3.63) is 46.3 Å². The predicted molar refractivity (Wildman–Crippen MR) is 76.5 cm³/mol. The van der Waals surface area contributed by atoms with E-state index in [1.54, 1.807) is 6.07 Å². The Balaban J connectivity index is 2.04. The summed E-state index contributed by atoms with van der Waals surface area (Å²) in [6.45, 7) is 0. The summed E-state index contributed by atoms with van der Waals surface area (Å²) in [4.78, 5) is 12.4. The summed E-state index contributed by atoms with van der Waals surface area (Å²) in [6.07, 6.45) is 3.09. The average Bonchev–Trinajstić information content (AvgIpc) is 3.15. The zero-order chi connectivity index (χ0) is 15.2. The average molecular weight is 326 g/mol. The van der Waals surface area contributed by atoms with Crippen molar-refractivity contribution in [3.8, 4) is 0 Å². The van der Waals surface area contributed by atoms with Crippen molar-refractivity contribution in [2.75, 3.05) is 6.26 Å². The first-order valence-electron chi connectivity index (χ1n) is 6.37. The molecule has 0 unspecified atom stereocenters. The van der Waals surface area contributed by atoms with Crippen molar-refractivity contribution in [2.45, 2.75) is 23.7 Å². The fourth-order valence-corrected chi connectivity index (χ4v) is 3.22. The van der Waals surface area contributed by atoms with Gasteiger partial charge >= 0.3 is 0 Å². The Morgan fingerprint density at radius 2 is 2.05 bits per heavy atom. The van der Waals surface area contributed by atoms with E-state index in [0.29, 0.717) is 11.7 Å². The molecule has 0 spiro atoms. The van der Waals surface area contributed by atoms with Crippen molar-refractivity contribution in [1.82, 2.24) is 5.16 Å². The fraction of sp³-hybridized carbons (Fsp3) is 0.286. The van der Waals surface area contributed by atoms with Crippen molar-refractivity contribution in [3.63, 3.8) is 0 Å². The van der Waals surface area contributed by atoms with Gasteiger partial charge in [0.1, 0.15) is 5.76 Å². The maximum absolute atomic E-state index is 12.5. The normalized spacial score (nSPS) is 15.1. The summed E-state index contributed by atoms with van der Waals surface area (Å²) in [7, 11) is -3.57. The van der Waals surface area contributed by atoms with Crippen LogP contribution in [0.2, 0.25) is 5.02 Å². The molecule has 0 aliphatic heterocycles. The highest BCUT2D eigenvalue weighted by Crippen LogP contribution is 2.40. The number of aromatic nitrogens is 1. The minimum atomic E-state index is -3.57. The Bertz CT molecular complexity index is 821. The van der Waals surface area contributed by atoms with Gasteiger partial charge in [0.25, 0.3) is 0 Å². The maximum atomic E-state index is 12.5. The molecule has 110 valence electrons. The summed E-state index contributed by atoms with van der Waals surface area (Å²) in [5.74, 6) is 0.523. The Kier molecular flexibility index (Phi) is 3.37. The van der Waals surface area contributed by atoms with Gasteiger partial charge in [-0.3, -0.25) is 4.79 Å². The van der Waals surface area contributed by atoms with E-state index in [1.807, 2.05) is 0 Å². The molecule has 1 aliphatic rings. The van der Waals surface area contributed by atoms with E-state index in [-0.39, 0.29) is 21.2 Å². The molecule has 1 fully saturated rings. The Morgan fingerprint density at radius 3 is 2.67 bits per heavy atom. The van der Waals surface area contributed by atoms with Crippen LogP contribution < -0.4 is 0 Å². The summed E-state index contributed by atoms with van der Waals surface area (Å²) >= 11 is 5.82. The third-order valence-corrected chi connectivity index (χ3v) is 4.70. The number of halogens is 1. The zero-order valence-electron chi connectivity index (χ0n) is 11.2. The van der Waals surface area contributed by atoms with E-state index in [0.717, 1.165) is 19.1 Å². The zero-order valence-corrected chi connectivity index (χ0v) is 12.7. The minimum absolute atomic E-state index is 0.0533. The Hall–Kier alpha value is -1.66. The molecule has 1 aromatic carbocycles. The van der Waals surface area contributed by atoms with Crippen molar-refractivity contribution in [1.29, 1.82) is 0 Å². The molecule has 5 nitrogen and oxygen atoms in total. The van der Waals surface area contributed by atoms with E-state index in [4.69, 9.17) is 16.1 Å². The minimum Gasteiger partial charge on any atom is -0.360 e. The van der Waals surface area contributed by atoms with E-state index in [2.05, 4.69) is 5.16 Å². The van der Waals surface area contributed by atoms with Gasteiger partial charge in [-0.15, -0.1) is 0 Å². The molecule has 1 aliphatic carbocycles. The van der Waals surface area contributed by atoms with Crippen LogP contribution in [0.25, 0.3) is 0 Å². The lowest BCUT2D eigenvalue weighted by molar-refractivity contribution is 0.102. The summed E-state index contributed by atoms with van der Waals surface area (Å²) in [5, 5.41) is 4.00. The fourth-order valence-electron chi connectivity index (χ4n) is 2.09. The molecule has 21 heavy (non-hydrogen) atoms. The van der Waals surface area contributed by atoms with Crippen LogP contribution in [0.1, 0.15) is 40.6 Å². The molecule has 0 radical (unpaired) electrons. The summed E-state index contributed by atoms with van der Waals surface area (Å²) < 4.78 is 28.8. The Morgan fingerprint density at radius 1 is 1.33 bits per heavy atom. The lowest BCUT2D eigenvalue weighted by Crippen LogP contribution is -2.09. The molecule has 0 atom stereocenters. The van der Waals surface area contributed by atoms with Crippen LogP contribution in [-0.2, 0) is 9.84 Å². The molecule has 1 aromatic heterocycles. The molecule has 0 bridgehead atoms. The monoisotopic (exact) mass is 325 g/mol. The SMILES string of the molecule is CS(=O)(=O)c1cc(Cl)ccc1C(=O)c1cc(C2CC2)on1. The number of hydrogen-bond donors (Lipinski definition) is 0. The number of carbonyl (C=O) groups is 1. The number of benzene rings is 1. The maximum Gasteiger partial charge on any atom is 0.216 e. The lowest BCUT2D eigenvalue weighted by atomic mass is 10.1. The van der Waals surface area contributed by atoms with Gasteiger partial charge < -0.3 is 4.52 Å². The van der Waals surface area contributed by atoms with Gasteiger partial charge in [0.2, 0.25) is 5.78 Å². The van der Waals surface area contributed by atoms with E-state index in [1.165, 1.54) is 18.2 Å². The second kappa shape index (κ2) is 4.96. The van der Waals surface area contributed by atoms with Crippen LogP contribution in [0.5, 0.6) is 0 Å². The summed E-state index contributed by atoms with van der Waals surface area (Å²) in [5.41, 5.74) is 0.168. The topological polar surface area (TPSA) is 77.2 Å². The van der Waals surface area contributed by atoms with Crippen LogP contribution in [-0.4, -0.2) is 25.6 Å². The van der Waals surface area contributed by atoms with E-state index < -0.39 is 15.6 Å². The van der Waals surface area contributed by atoms with Crippen molar-refractivity contribution >= 4 is 27.2 Å². The second-order valence-corrected chi connectivity index (χ2v) is 7.55. The molecule has 1 heterocycles. The molecule has 2 aromatic rings. The Labute approximate surface area is 126 Å². The largest absolute Gasteiger partial charge is 0.360 e. The first kappa shape index (κ1) is 14.3. The highest BCUT2D eigenvalue weighted by Gasteiger charge is 2.30. The highest BCUT2D eigenvalue weighted by molar-refractivity contribution is 7.90. The summed E-state index contributed by atoms with van der Waals surface area (Å²) in [6, 6.07) is 5.73. The van der Waals surface area contributed by atoms with Gasteiger partial charge in [-0.25, -0.2) is 8.42 Å². The van der Waals surface area contributed by atoms with Crippen LogP contribution >= 0.6 is 11.6 Å². The van der Waals surface area contributed by atoms with Gasteiger partial charge in [0.15, 0.2) is 15.5 Å². The van der Waals surface area contributed by atoms with Crippen LogP contribution in [0.15, 0.2) is 33.7 Å². The van der Waals surface area contributed by atoms with Gasteiger partial charge in [-0.1, -0.05) is 16.8 Å². The molecule has 0 amide bonds. The first-order chi connectivity index (χ1) is 9.86. The van der Waals surface area contributed by atoms with E-state index >= 15 is 0 Å². The van der Waals surface area contributed by atoms with Gasteiger partial charge in [-0.05, 0) is 31.0 Å². The number of sulfone groups is 1. The predicted octanol–water partition coefficient (Wildman–Crippen LogP) is 2.84. The molecule has 0 N–H and O–H groups in total. The quantitative estimate of drug-likeness (QED) is 0.808. The second-order valence-electron chi connectivity index (χ2n) is 5.13. The van der Waals surface area contributed by atoms with Crippen LogP contribution in [0.3, 0.4) is 0 Å². The van der Waals surface area contributed by atoms with Crippen molar-refractivity contribution < 1.29 is 17.7 Å². The van der Waals surface area contributed by atoms with Crippen LogP contribution in [0, 0.1) is 0 Å². The number of carbonyl (C=O) groups excluding carboxylic acids is 1.